The molecule has 0 bridgehead atoms. The summed E-state index contributed by atoms with van der Waals surface area (Å²) in [6.45, 7) is 6.73. The Hall–Kier alpha value is -2.89. The van der Waals surface area contributed by atoms with Gasteiger partial charge in [-0.25, -0.2) is 0 Å². The molecule has 0 rings (SSSR count). The summed E-state index contributed by atoms with van der Waals surface area (Å²) >= 11 is 0. The normalized spacial score (nSPS) is 11.5. The lowest BCUT2D eigenvalue weighted by atomic mass is 10.1. The van der Waals surface area contributed by atoms with Gasteiger partial charge in [-0.3, -0.25) is 14.4 Å². The Morgan fingerprint density at radius 1 is 0.267 bits per heavy atom. The van der Waals surface area contributed by atoms with Crippen molar-refractivity contribution in [2.45, 2.75) is 265 Å². The maximum absolute atomic E-state index is 10.3. The van der Waals surface area contributed by atoms with Gasteiger partial charge < -0.3 is 15.3 Å². The van der Waals surface area contributed by atoms with Crippen molar-refractivity contribution in [2.75, 3.05) is 0 Å². The van der Waals surface area contributed by atoms with E-state index < -0.39 is 17.9 Å². The maximum atomic E-state index is 10.3. The minimum absolute atomic E-state index is 0.324. The van der Waals surface area contributed by atoms with Gasteiger partial charge in [-0.15, -0.1) is 0 Å². The van der Waals surface area contributed by atoms with Crippen LogP contribution in [0.1, 0.15) is 265 Å². The predicted octanol–water partition coefficient (Wildman–Crippen LogP) is 17.9. The topological polar surface area (TPSA) is 112 Å². The SMILES string of the molecule is CCCCC/C=C\C/C=C\CCCCCCCC(=O)O.CCCCC/C=C\C/C=C\CCCCCCCC(=O)O.CCCCCCCC/C=C\CCCCCCCC(=O)O. The van der Waals surface area contributed by atoms with E-state index in [1.807, 2.05) is 0 Å². The largest absolute Gasteiger partial charge is 0.481 e. The average Bonchev–Trinajstić information content (AvgIpc) is 3.22. The highest BCUT2D eigenvalue weighted by molar-refractivity contribution is 5.67. The summed E-state index contributed by atoms with van der Waals surface area (Å²) < 4.78 is 0. The molecule has 0 unspecified atom stereocenters. The second kappa shape index (κ2) is 58.2. The Kier molecular flexibility index (Phi) is 59.6. The zero-order valence-corrected chi connectivity index (χ0v) is 39.7. The van der Waals surface area contributed by atoms with E-state index in [0.717, 1.165) is 64.2 Å². The number of aliphatic carboxylic acids is 3. The number of carboxylic acid groups (broad SMARTS) is 3. The molecule has 0 aliphatic rings. The highest BCUT2D eigenvalue weighted by Gasteiger charge is 1.98. The first-order valence-corrected chi connectivity index (χ1v) is 25.2. The van der Waals surface area contributed by atoms with Gasteiger partial charge in [0.1, 0.15) is 0 Å². The predicted molar refractivity (Wildman–Crippen MR) is 261 cm³/mol. The lowest BCUT2D eigenvalue weighted by Gasteiger charge is -1.99. The third-order valence-corrected chi connectivity index (χ3v) is 10.3. The molecule has 0 saturated carbocycles. The molecule has 350 valence electrons. The van der Waals surface area contributed by atoms with Gasteiger partial charge in [-0.1, -0.05) is 197 Å². The molecular formula is C54H98O6. The molecule has 0 aliphatic carbocycles. The smallest absolute Gasteiger partial charge is 0.303 e. The minimum atomic E-state index is -0.671. The van der Waals surface area contributed by atoms with E-state index in [0.29, 0.717) is 19.3 Å². The molecule has 0 atom stereocenters. The molecule has 0 fully saturated rings. The van der Waals surface area contributed by atoms with Crippen molar-refractivity contribution in [1.82, 2.24) is 0 Å². The fourth-order valence-corrected chi connectivity index (χ4v) is 6.52. The number of carbonyl (C=O) groups is 3. The summed E-state index contributed by atoms with van der Waals surface area (Å²) in [6, 6.07) is 0. The molecule has 0 aromatic heterocycles. The highest BCUT2D eigenvalue weighted by atomic mass is 16.4. The number of unbranched alkanes of at least 4 members (excludes halogenated alkanes) is 27. The minimum Gasteiger partial charge on any atom is -0.481 e. The van der Waals surface area contributed by atoms with E-state index in [9.17, 15) is 14.4 Å². The Morgan fingerprint density at radius 3 is 0.700 bits per heavy atom. The Balaban J connectivity index is -0.000000812. The highest BCUT2D eigenvalue weighted by Crippen LogP contribution is 2.11. The quantitative estimate of drug-likeness (QED) is 0.0416. The van der Waals surface area contributed by atoms with Crippen LogP contribution < -0.4 is 0 Å². The van der Waals surface area contributed by atoms with Crippen molar-refractivity contribution in [3.8, 4) is 0 Å². The van der Waals surface area contributed by atoms with Crippen molar-refractivity contribution in [1.29, 1.82) is 0 Å². The first-order chi connectivity index (χ1) is 29.3. The number of carboxylic acids is 3. The van der Waals surface area contributed by atoms with Crippen molar-refractivity contribution in [3.05, 3.63) is 60.8 Å². The van der Waals surface area contributed by atoms with Gasteiger partial charge in [-0.2, -0.15) is 0 Å². The molecule has 0 heterocycles. The van der Waals surface area contributed by atoms with Gasteiger partial charge in [0.2, 0.25) is 0 Å². The lowest BCUT2D eigenvalue weighted by molar-refractivity contribution is -0.138. The van der Waals surface area contributed by atoms with Crippen molar-refractivity contribution >= 4 is 17.9 Å². The molecular weight excluding hydrogens is 745 g/mol. The van der Waals surface area contributed by atoms with Gasteiger partial charge in [0.15, 0.2) is 0 Å². The van der Waals surface area contributed by atoms with Crippen molar-refractivity contribution < 1.29 is 29.7 Å². The van der Waals surface area contributed by atoms with Crippen LogP contribution in [-0.2, 0) is 14.4 Å². The molecule has 0 aromatic carbocycles. The maximum Gasteiger partial charge on any atom is 0.303 e. The van der Waals surface area contributed by atoms with Crippen LogP contribution in [0.25, 0.3) is 0 Å². The number of allylic oxidation sites excluding steroid dienone is 10. The van der Waals surface area contributed by atoms with Gasteiger partial charge in [0.25, 0.3) is 0 Å². The summed E-state index contributed by atoms with van der Waals surface area (Å²) in [4.78, 5) is 31.0. The van der Waals surface area contributed by atoms with Crippen LogP contribution in [0.5, 0.6) is 0 Å². The summed E-state index contributed by atoms with van der Waals surface area (Å²) in [5.74, 6) is -2.01. The molecule has 0 amide bonds. The Bertz CT molecular complexity index is 967. The number of rotatable bonds is 43. The third kappa shape index (κ3) is 69.7. The molecule has 6 nitrogen and oxygen atoms in total. The molecule has 0 aliphatic heterocycles. The number of hydrogen-bond donors (Lipinski definition) is 3. The van der Waals surface area contributed by atoms with Crippen LogP contribution in [0.3, 0.4) is 0 Å². The van der Waals surface area contributed by atoms with Crippen LogP contribution in [-0.4, -0.2) is 33.2 Å². The third-order valence-electron chi connectivity index (χ3n) is 10.3. The van der Waals surface area contributed by atoms with E-state index in [1.54, 1.807) is 0 Å². The van der Waals surface area contributed by atoms with Crippen LogP contribution in [0.2, 0.25) is 0 Å². The fourth-order valence-electron chi connectivity index (χ4n) is 6.52. The first-order valence-electron chi connectivity index (χ1n) is 25.2. The second-order valence-corrected chi connectivity index (χ2v) is 16.5. The molecule has 0 radical (unpaired) electrons. The van der Waals surface area contributed by atoms with Crippen LogP contribution in [0.4, 0.5) is 0 Å². The van der Waals surface area contributed by atoms with Gasteiger partial charge in [0.05, 0.1) is 0 Å². The molecule has 0 saturated heterocycles. The monoisotopic (exact) mass is 843 g/mol. The van der Waals surface area contributed by atoms with Gasteiger partial charge in [-0.05, 0) is 109 Å². The summed E-state index contributed by atoms with van der Waals surface area (Å²) in [5.41, 5.74) is 0. The van der Waals surface area contributed by atoms with E-state index >= 15 is 0 Å². The summed E-state index contributed by atoms with van der Waals surface area (Å²) in [6.07, 6.45) is 65.8. The summed E-state index contributed by atoms with van der Waals surface area (Å²) in [7, 11) is 0. The molecule has 6 heteroatoms. The van der Waals surface area contributed by atoms with E-state index in [1.165, 1.54) is 161 Å². The van der Waals surface area contributed by atoms with Crippen LogP contribution in [0, 0.1) is 0 Å². The van der Waals surface area contributed by atoms with Gasteiger partial charge >= 0.3 is 17.9 Å². The van der Waals surface area contributed by atoms with Gasteiger partial charge in [0, 0.05) is 19.3 Å². The Labute approximate surface area is 372 Å². The van der Waals surface area contributed by atoms with E-state index in [4.69, 9.17) is 15.3 Å². The van der Waals surface area contributed by atoms with E-state index in [-0.39, 0.29) is 0 Å². The van der Waals surface area contributed by atoms with E-state index in [2.05, 4.69) is 81.5 Å². The van der Waals surface area contributed by atoms with Crippen LogP contribution in [0.15, 0.2) is 60.8 Å². The van der Waals surface area contributed by atoms with Crippen molar-refractivity contribution in [2.24, 2.45) is 0 Å². The summed E-state index contributed by atoms with van der Waals surface area (Å²) in [5, 5.41) is 25.5. The second-order valence-electron chi connectivity index (χ2n) is 16.5. The molecule has 0 spiro atoms. The first kappa shape index (κ1) is 61.4. The fraction of sp³-hybridized carbons (Fsp3) is 0.759. The lowest BCUT2D eigenvalue weighted by Crippen LogP contribution is -1.93. The molecule has 3 N–H and O–H groups in total. The number of hydrogen-bond acceptors (Lipinski definition) is 3. The standard InChI is InChI=1S/C18H34O2.2C18H32O2/c3*1-2-3-4-5-6-7-8-9-10-11-12-13-14-15-16-17-18(19)20/h9-10H,2-8,11-17H2,1H3,(H,19,20);2*6-7,9-10H,2-5,8,11-17H2,1H3,(H,19,20)/b10-9-;2*7-6-,10-9-. The average molecular weight is 843 g/mol. The van der Waals surface area contributed by atoms with Crippen molar-refractivity contribution in [3.63, 3.8) is 0 Å². The van der Waals surface area contributed by atoms with Crippen LogP contribution >= 0.6 is 0 Å². The Morgan fingerprint density at radius 2 is 0.450 bits per heavy atom. The zero-order chi connectivity index (χ0) is 44.7. The zero-order valence-electron chi connectivity index (χ0n) is 39.7. The molecule has 60 heavy (non-hydrogen) atoms. The molecule has 0 aromatic rings.